The summed E-state index contributed by atoms with van der Waals surface area (Å²) in [4.78, 5) is 1.35. The van der Waals surface area contributed by atoms with Crippen LogP contribution in [-0.4, -0.2) is 13.1 Å². The van der Waals surface area contributed by atoms with E-state index in [9.17, 15) is 17.6 Å². The number of rotatable bonds is 1. The van der Waals surface area contributed by atoms with E-state index in [-0.39, 0.29) is 0 Å². The first-order chi connectivity index (χ1) is 8.04. The maximum atomic E-state index is 13.6. The smallest absolute Gasteiger partial charge is 0.186 e. The van der Waals surface area contributed by atoms with E-state index < -0.39 is 33.4 Å². The van der Waals surface area contributed by atoms with Crippen LogP contribution in [0, 0.1) is 23.3 Å². The highest BCUT2D eigenvalue weighted by molar-refractivity contribution is 9.10. The Kier molecular flexibility index (Phi) is 3.61. The van der Waals surface area contributed by atoms with Crippen molar-refractivity contribution in [3.05, 3.63) is 27.7 Å². The molecular weight excluding hydrogens is 302 g/mol. The minimum atomic E-state index is -1.38. The first-order valence-electron chi connectivity index (χ1n) is 5.30. The molecule has 0 atom stereocenters. The Morgan fingerprint density at radius 2 is 1.24 bits per heavy atom. The molecule has 0 unspecified atom stereocenters. The second-order valence-corrected chi connectivity index (χ2v) is 4.76. The van der Waals surface area contributed by atoms with E-state index in [1.54, 1.807) is 0 Å². The molecule has 1 fully saturated rings. The van der Waals surface area contributed by atoms with Gasteiger partial charge >= 0.3 is 0 Å². The number of benzene rings is 1. The summed E-state index contributed by atoms with van der Waals surface area (Å²) in [5.74, 6) is -5.44. The SMILES string of the molecule is Fc1c(F)c(N2CCCCC2)c(F)c(F)c1Br. The van der Waals surface area contributed by atoms with E-state index in [1.165, 1.54) is 4.90 Å². The maximum Gasteiger partial charge on any atom is 0.186 e. The first-order valence-corrected chi connectivity index (χ1v) is 6.09. The van der Waals surface area contributed by atoms with Crippen molar-refractivity contribution in [3.8, 4) is 0 Å². The molecule has 6 heteroatoms. The molecule has 2 rings (SSSR count). The van der Waals surface area contributed by atoms with E-state index in [0.717, 1.165) is 19.3 Å². The van der Waals surface area contributed by atoms with E-state index in [4.69, 9.17) is 0 Å². The fourth-order valence-corrected chi connectivity index (χ4v) is 2.34. The number of piperidine rings is 1. The summed E-state index contributed by atoms with van der Waals surface area (Å²) in [6, 6.07) is 0. The van der Waals surface area contributed by atoms with Crippen molar-refractivity contribution in [2.45, 2.75) is 19.3 Å². The molecule has 1 aromatic carbocycles. The third kappa shape index (κ3) is 2.14. The van der Waals surface area contributed by atoms with Gasteiger partial charge in [0.1, 0.15) is 5.69 Å². The number of hydrogen-bond acceptors (Lipinski definition) is 1. The fourth-order valence-electron chi connectivity index (χ4n) is 1.99. The van der Waals surface area contributed by atoms with Gasteiger partial charge in [-0.3, -0.25) is 0 Å². The monoisotopic (exact) mass is 311 g/mol. The lowest BCUT2D eigenvalue weighted by Crippen LogP contribution is -2.31. The lowest BCUT2D eigenvalue weighted by molar-refractivity contribution is 0.438. The van der Waals surface area contributed by atoms with E-state index >= 15 is 0 Å². The first kappa shape index (κ1) is 12.7. The molecule has 0 bridgehead atoms. The van der Waals surface area contributed by atoms with Crippen LogP contribution in [0.4, 0.5) is 23.2 Å². The van der Waals surface area contributed by atoms with Crippen molar-refractivity contribution in [1.29, 1.82) is 0 Å². The largest absolute Gasteiger partial charge is 0.367 e. The Hall–Kier alpha value is -0.780. The minimum Gasteiger partial charge on any atom is -0.367 e. The highest BCUT2D eigenvalue weighted by Crippen LogP contribution is 2.34. The molecule has 0 radical (unpaired) electrons. The van der Waals surface area contributed by atoms with Gasteiger partial charge in [-0.25, -0.2) is 17.6 Å². The number of nitrogens with zero attached hydrogens (tertiary/aromatic N) is 1. The van der Waals surface area contributed by atoms with Crippen molar-refractivity contribution >= 4 is 21.6 Å². The summed E-state index contributed by atoms with van der Waals surface area (Å²) in [7, 11) is 0. The van der Waals surface area contributed by atoms with Gasteiger partial charge in [-0.05, 0) is 35.2 Å². The molecule has 1 aromatic rings. The minimum absolute atomic E-state index is 0.411. The summed E-state index contributed by atoms with van der Waals surface area (Å²) < 4.78 is 53.1. The van der Waals surface area contributed by atoms with Crippen LogP contribution >= 0.6 is 15.9 Å². The number of anilines is 1. The van der Waals surface area contributed by atoms with Gasteiger partial charge in [0.05, 0.1) is 4.47 Å². The number of halogens is 5. The molecule has 0 aromatic heterocycles. The van der Waals surface area contributed by atoms with Gasteiger partial charge in [0.15, 0.2) is 23.3 Å². The summed E-state index contributed by atoms with van der Waals surface area (Å²) >= 11 is 2.49. The van der Waals surface area contributed by atoms with Crippen LogP contribution in [0.25, 0.3) is 0 Å². The molecule has 1 aliphatic rings. The number of hydrogen-bond donors (Lipinski definition) is 0. The molecule has 0 spiro atoms. The highest BCUT2D eigenvalue weighted by atomic mass is 79.9. The van der Waals surface area contributed by atoms with Crippen LogP contribution in [-0.2, 0) is 0 Å². The van der Waals surface area contributed by atoms with Gasteiger partial charge in [0.25, 0.3) is 0 Å². The van der Waals surface area contributed by atoms with Crippen molar-refractivity contribution in [3.63, 3.8) is 0 Å². The quantitative estimate of drug-likeness (QED) is 0.430. The lowest BCUT2D eigenvalue weighted by atomic mass is 10.1. The standard InChI is InChI=1S/C11H10BrF4N/c12-6-7(13)9(15)11(10(16)8(6)14)17-4-2-1-3-5-17/h1-5H2. The third-order valence-corrected chi connectivity index (χ3v) is 3.56. The zero-order valence-corrected chi connectivity index (χ0v) is 10.5. The van der Waals surface area contributed by atoms with Gasteiger partial charge in [0, 0.05) is 13.1 Å². The van der Waals surface area contributed by atoms with Crippen molar-refractivity contribution in [1.82, 2.24) is 0 Å². The van der Waals surface area contributed by atoms with Crippen LogP contribution < -0.4 is 4.90 Å². The fraction of sp³-hybridized carbons (Fsp3) is 0.455. The zero-order chi connectivity index (χ0) is 12.6. The van der Waals surface area contributed by atoms with Crippen LogP contribution in [0.5, 0.6) is 0 Å². The molecule has 17 heavy (non-hydrogen) atoms. The molecule has 0 aliphatic carbocycles. The van der Waals surface area contributed by atoms with Crippen LogP contribution in [0.1, 0.15) is 19.3 Å². The average Bonchev–Trinajstić information content (AvgIpc) is 2.36. The Bertz CT molecular complexity index is 415. The van der Waals surface area contributed by atoms with Crippen molar-refractivity contribution in [2.24, 2.45) is 0 Å². The lowest BCUT2D eigenvalue weighted by Gasteiger charge is -2.29. The van der Waals surface area contributed by atoms with E-state index in [1.807, 2.05) is 0 Å². The topological polar surface area (TPSA) is 3.24 Å². The average molecular weight is 312 g/mol. The second kappa shape index (κ2) is 4.84. The molecule has 1 saturated heterocycles. The molecule has 0 N–H and O–H groups in total. The summed E-state index contributed by atoms with van der Waals surface area (Å²) in [6.45, 7) is 0.822. The zero-order valence-electron chi connectivity index (χ0n) is 8.87. The third-order valence-electron chi connectivity index (χ3n) is 2.86. The van der Waals surface area contributed by atoms with Crippen LogP contribution in [0.3, 0.4) is 0 Å². The van der Waals surface area contributed by atoms with Gasteiger partial charge < -0.3 is 4.90 Å². The maximum absolute atomic E-state index is 13.6. The van der Waals surface area contributed by atoms with E-state index in [0.29, 0.717) is 13.1 Å². The van der Waals surface area contributed by atoms with Crippen molar-refractivity contribution < 1.29 is 17.6 Å². The predicted octanol–water partition coefficient (Wildman–Crippen LogP) is 4.00. The molecule has 1 nitrogen and oxygen atoms in total. The summed E-state index contributed by atoms with van der Waals surface area (Å²) in [5, 5.41) is 0. The highest BCUT2D eigenvalue weighted by Gasteiger charge is 2.28. The van der Waals surface area contributed by atoms with Gasteiger partial charge in [0.2, 0.25) is 0 Å². The summed E-state index contributed by atoms with van der Waals surface area (Å²) in [6.07, 6.45) is 2.48. The molecule has 94 valence electrons. The Labute approximate surface area is 105 Å². The predicted molar refractivity (Wildman–Crippen MR) is 60.0 cm³/mol. The van der Waals surface area contributed by atoms with Gasteiger partial charge in [-0.15, -0.1) is 0 Å². The van der Waals surface area contributed by atoms with Crippen LogP contribution in [0.15, 0.2) is 4.47 Å². The molecule has 0 amide bonds. The van der Waals surface area contributed by atoms with E-state index in [2.05, 4.69) is 15.9 Å². The second-order valence-electron chi connectivity index (χ2n) is 3.97. The molecule has 1 aliphatic heterocycles. The Morgan fingerprint density at radius 3 is 1.71 bits per heavy atom. The Morgan fingerprint density at radius 1 is 0.765 bits per heavy atom. The van der Waals surface area contributed by atoms with Crippen LogP contribution in [0.2, 0.25) is 0 Å². The van der Waals surface area contributed by atoms with Gasteiger partial charge in [-0.2, -0.15) is 0 Å². The normalized spacial score (nSPS) is 16.4. The summed E-state index contributed by atoms with van der Waals surface area (Å²) in [5.41, 5.74) is -0.595. The molecule has 1 heterocycles. The Balaban J connectivity index is 2.52. The van der Waals surface area contributed by atoms with Crippen molar-refractivity contribution in [2.75, 3.05) is 18.0 Å². The van der Waals surface area contributed by atoms with Gasteiger partial charge in [-0.1, -0.05) is 0 Å². The molecule has 0 saturated carbocycles. The molecular formula is C11H10BrF4N.